The van der Waals surface area contributed by atoms with Crippen molar-refractivity contribution in [2.75, 3.05) is 18.0 Å². The first-order valence-electron chi connectivity index (χ1n) is 6.81. The maximum Gasteiger partial charge on any atom is 0.0555 e. The molecule has 0 radical (unpaired) electrons. The normalized spacial score (nSPS) is 9.95. The van der Waals surface area contributed by atoms with Crippen LogP contribution in [0, 0.1) is 18.8 Å². The zero-order valence-electron chi connectivity index (χ0n) is 12.0. The van der Waals surface area contributed by atoms with Gasteiger partial charge < -0.3 is 10.6 Å². The standard InChI is InChI=1S/C17H20N2S/c1-3-19(16-8-6-14(2)7-9-16)12-17-11-15(13-20-17)5-4-10-18/h6-9,11,13H,3,10,12,18H2,1-2H3. The molecule has 2 nitrogen and oxygen atoms in total. The van der Waals surface area contributed by atoms with E-state index in [1.807, 2.05) is 0 Å². The SMILES string of the molecule is CCN(Cc1cc(C#CCN)cs1)c1ccc(C)cc1. The third-order valence-electron chi connectivity index (χ3n) is 3.12. The molecule has 0 amide bonds. The predicted molar refractivity (Wildman–Crippen MR) is 88.2 cm³/mol. The summed E-state index contributed by atoms with van der Waals surface area (Å²) in [4.78, 5) is 3.69. The van der Waals surface area contributed by atoms with E-state index < -0.39 is 0 Å². The van der Waals surface area contributed by atoms with Gasteiger partial charge in [0.15, 0.2) is 0 Å². The van der Waals surface area contributed by atoms with Crippen LogP contribution in [0.4, 0.5) is 5.69 Å². The lowest BCUT2D eigenvalue weighted by Crippen LogP contribution is -2.21. The fraction of sp³-hybridized carbons (Fsp3) is 0.294. The minimum Gasteiger partial charge on any atom is -0.367 e. The van der Waals surface area contributed by atoms with E-state index in [9.17, 15) is 0 Å². The summed E-state index contributed by atoms with van der Waals surface area (Å²) in [7, 11) is 0. The number of hydrogen-bond donors (Lipinski definition) is 1. The van der Waals surface area contributed by atoms with Gasteiger partial charge in [0, 0.05) is 28.1 Å². The predicted octanol–water partition coefficient (Wildman–Crippen LogP) is 3.39. The van der Waals surface area contributed by atoms with Crippen molar-refractivity contribution in [2.24, 2.45) is 5.73 Å². The number of anilines is 1. The summed E-state index contributed by atoms with van der Waals surface area (Å²) < 4.78 is 0. The van der Waals surface area contributed by atoms with E-state index in [2.05, 4.69) is 66.3 Å². The number of nitrogens with zero attached hydrogens (tertiary/aromatic N) is 1. The highest BCUT2D eigenvalue weighted by molar-refractivity contribution is 7.10. The average molecular weight is 284 g/mol. The first-order chi connectivity index (χ1) is 9.72. The fourth-order valence-electron chi connectivity index (χ4n) is 2.01. The van der Waals surface area contributed by atoms with Crippen LogP contribution in [-0.2, 0) is 6.54 Å². The molecule has 1 aromatic heterocycles. The van der Waals surface area contributed by atoms with Gasteiger partial charge in [0.25, 0.3) is 0 Å². The Morgan fingerprint density at radius 2 is 2.00 bits per heavy atom. The van der Waals surface area contributed by atoms with E-state index in [4.69, 9.17) is 5.73 Å². The molecule has 0 aliphatic carbocycles. The van der Waals surface area contributed by atoms with Gasteiger partial charge in [-0.25, -0.2) is 0 Å². The van der Waals surface area contributed by atoms with Crippen LogP contribution in [-0.4, -0.2) is 13.1 Å². The third-order valence-corrected chi connectivity index (χ3v) is 4.04. The molecule has 0 saturated heterocycles. The van der Waals surface area contributed by atoms with Gasteiger partial charge in [-0.3, -0.25) is 0 Å². The van der Waals surface area contributed by atoms with E-state index in [-0.39, 0.29) is 0 Å². The number of nitrogens with two attached hydrogens (primary N) is 1. The lowest BCUT2D eigenvalue weighted by Gasteiger charge is -2.22. The molecule has 0 aliphatic rings. The molecule has 2 N–H and O–H groups in total. The number of rotatable bonds is 4. The van der Waals surface area contributed by atoms with Crippen molar-refractivity contribution in [1.82, 2.24) is 0 Å². The topological polar surface area (TPSA) is 29.3 Å². The first kappa shape index (κ1) is 14.6. The van der Waals surface area contributed by atoms with Gasteiger partial charge in [-0.15, -0.1) is 11.3 Å². The van der Waals surface area contributed by atoms with E-state index in [1.165, 1.54) is 16.1 Å². The summed E-state index contributed by atoms with van der Waals surface area (Å²) >= 11 is 1.76. The first-order valence-corrected chi connectivity index (χ1v) is 7.69. The van der Waals surface area contributed by atoms with Gasteiger partial charge in [0.1, 0.15) is 0 Å². The molecule has 1 aromatic carbocycles. The Balaban J connectivity index is 2.10. The fourth-order valence-corrected chi connectivity index (χ4v) is 2.84. The highest BCUT2D eigenvalue weighted by Gasteiger charge is 2.06. The monoisotopic (exact) mass is 284 g/mol. The highest BCUT2D eigenvalue weighted by atomic mass is 32.1. The summed E-state index contributed by atoms with van der Waals surface area (Å²) in [6.45, 7) is 6.62. The van der Waals surface area contributed by atoms with E-state index >= 15 is 0 Å². The minimum atomic E-state index is 0.412. The summed E-state index contributed by atoms with van der Waals surface area (Å²) in [5.74, 6) is 5.97. The molecule has 2 aromatic rings. The Kier molecular flexibility index (Phi) is 5.23. The Morgan fingerprint density at radius 3 is 2.65 bits per heavy atom. The summed E-state index contributed by atoms with van der Waals surface area (Å²) in [5.41, 5.74) is 9.02. The molecule has 20 heavy (non-hydrogen) atoms. The van der Waals surface area contributed by atoms with E-state index in [0.29, 0.717) is 6.54 Å². The summed E-state index contributed by atoms with van der Waals surface area (Å²) in [5, 5.41) is 2.10. The summed E-state index contributed by atoms with van der Waals surface area (Å²) in [6.07, 6.45) is 0. The Hall–Kier alpha value is -1.76. The van der Waals surface area contributed by atoms with Crippen molar-refractivity contribution in [3.05, 3.63) is 51.7 Å². The minimum absolute atomic E-state index is 0.412. The van der Waals surface area contributed by atoms with Crippen LogP contribution >= 0.6 is 11.3 Å². The lowest BCUT2D eigenvalue weighted by molar-refractivity contribution is 0.842. The zero-order chi connectivity index (χ0) is 14.4. The second-order valence-corrected chi connectivity index (χ2v) is 5.65. The average Bonchev–Trinajstić information content (AvgIpc) is 2.91. The number of thiophene rings is 1. The van der Waals surface area contributed by atoms with E-state index in [1.54, 1.807) is 11.3 Å². The smallest absolute Gasteiger partial charge is 0.0555 e. The molecule has 0 fully saturated rings. The van der Waals surface area contributed by atoms with Crippen LogP contribution in [0.15, 0.2) is 35.7 Å². The Labute approximate surface area is 125 Å². The van der Waals surface area contributed by atoms with Crippen molar-refractivity contribution in [3.63, 3.8) is 0 Å². The van der Waals surface area contributed by atoms with Gasteiger partial charge in [-0.2, -0.15) is 0 Å². The van der Waals surface area contributed by atoms with Crippen LogP contribution in [0.3, 0.4) is 0 Å². The lowest BCUT2D eigenvalue weighted by atomic mass is 10.2. The quantitative estimate of drug-likeness (QED) is 0.872. The molecular formula is C17H20N2S. The largest absolute Gasteiger partial charge is 0.367 e. The van der Waals surface area contributed by atoms with Gasteiger partial charge in [0.05, 0.1) is 13.1 Å². The van der Waals surface area contributed by atoms with Crippen molar-refractivity contribution in [2.45, 2.75) is 20.4 Å². The van der Waals surface area contributed by atoms with Crippen molar-refractivity contribution in [1.29, 1.82) is 0 Å². The molecule has 0 aliphatic heterocycles. The number of benzene rings is 1. The molecule has 104 valence electrons. The van der Waals surface area contributed by atoms with Crippen molar-refractivity contribution in [3.8, 4) is 11.8 Å². The van der Waals surface area contributed by atoms with Gasteiger partial charge in [-0.05, 0) is 32.0 Å². The zero-order valence-corrected chi connectivity index (χ0v) is 12.8. The van der Waals surface area contributed by atoms with Crippen LogP contribution < -0.4 is 10.6 Å². The molecule has 0 atom stereocenters. The highest BCUT2D eigenvalue weighted by Crippen LogP contribution is 2.21. The van der Waals surface area contributed by atoms with Crippen molar-refractivity contribution >= 4 is 17.0 Å². The van der Waals surface area contributed by atoms with Gasteiger partial charge in [0.2, 0.25) is 0 Å². The van der Waals surface area contributed by atoms with Crippen LogP contribution in [0.1, 0.15) is 22.9 Å². The molecule has 1 heterocycles. The van der Waals surface area contributed by atoms with Crippen LogP contribution in [0.5, 0.6) is 0 Å². The number of hydrogen-bond acceptors (Lipinski definition) is 3. The molecule has 0 bridgehead atoms. The van der Waals surface area contributed by atoms with Gasteiger partial charge in [-0.1, -0.05) is 29.5 Å². The molecule has 2 rings (SSSR count). The second-order valence-electron chi connectivity index (χ2n) is 4.66. The Morgan fingerprint density at radius 1 is 1.25 bits per heavy atom. The molecule has 0 unspecified atom stereocenters. The maximum absolute atomic E-state index is 5.40. The molecule has 0 spiro atoms. The second kappa shape index (κ2) is 7.14. The van der Waals surface area contributed by atoms with Crippen LogP contribution in [0.25, 0.3) is 0 Å². The maximum atomic E-state index is 5.40. The van der Waals surface area contributed by atoms with Gasteiger partial charge >= 0.3 is 0 Å². The van der Waals surface area contributed by atoms with Crippen LogP contribution in [0.2, 0.25) is 0 Å². The molecule has 3 heteroatoms. The number of aryl methyl sites for hydroxylation is 1. The summed E-state index contributed by atoms with van der Waals surface area (Å²) in [6, 6.07) is 10.8. The van der Waals surface area contributed by atoms with E-state index in [0.717, 1.165) is 18.7 Å². The third kappa shape index (κ3) is 3.86. The molecule has 0 saturated carbocycles. The molecular weight excluding hydrogens is 264 g/mol. The van der Waals surface area contributed by atoms with Crippen molar-refractivity contribution < 1.29 is 0 Å². The Bertz CT molecular complexity index is 602.